The Morgan fingerprint density at radius 2 is 1.35 bits per heavy atom. The van der Waals surface area contributed by atoms with Crippen molar-refractivity contribution in [3.05, 3.63) is 84.2 Å². The van der Waals surface area contributed by atoms with E-state index < -0.39 is 31.7 Å². The predicted molar refractivity (Wildman–Crippen MR) is 207 cm³/mol. The minimum absolute atomic E-state index is 0.204. The zero-order valence-electron chi connectivity index (χ0n) is 31.5. The van der Waals surface area contributed by atoms with E-state index in [4.69, 9.17) is 16.2 Å². The normalized spacial score (nSPS) is 11.2. The highest BCUT2D eigenvalue weighted by Crippen LogP contribution is 2.27. The van der Waals surface area contributed by atoms with Gasteiger partial charge in [0.1, 0.15) is 12.5 Å². The number of nitrogens with zero attached hydrogens (tertiary/aromatic N) is 5. The van der Waals surface area contributed by atoms with Crippen LogP contribution in [-0.2, 0) is 43.7 Å². The Morgan fingerprint density at radius 1 is 0.827 bits per heavy atom. The van der Waals surface area contributed by atoms with E-state index in [1.165, 1.54) is 11.1 Å². The molecule has 2 aromatic carbocycles. The van der Waals surface area contributed by atoms with Crippen molar-refractivity contribution in [1.82, 2.24) is 24.6 Å². The fourth-order valence-electron chi connectivity index (χ4n) is 5.24. The third kappa shape index (κ3) is 13.2. The summed E-state index contributed by atoms with van der Waals surface area (Å²) in [7, 11) is -1.22. The largest absolute Gasteiger partial charge is 0.383 e. The SMILES string of the molecule is CC(C)CN(Cc1ccccc1)C(=O)C(=O)Nc1cnc(N)c2cnn(COCC[Si](C)(C)C)c12.CC(C)CN(Cc1ccccc1)C(=O)C(N)=O. The van der Waals surface area contributed by atoms with Gasteiger partial charge in [-0.25, -0.2) is 9.67 Å². The third-order valence-electron chi connectivity index (χ3n) is 7.74. The number of nitrogens with two attached hydrogens (primary N) is 2. The topological polar surface area (TPSA) is 179 Å². The van der Waals surface area contributed by atoms with Crippen molar-refractivity contribution >= 4 is 54.1 Å². The molecule has 0 radical (unpaired) electrons. The van der Waals surface area contributed by atoms with Crippen molar-refractivity contribution in [3.8, 4) is 0 Å². The molecule has 13 nitrogen and oxygen atoms in total. The monoisotopic (exact) mass is 730 g/mol. The van der Waals surface area contributed by atoms with Gasteiger partial charge in [0.15, 0.2) is 0 Å². The molecular weight excluding hydrogens is 677 g/mol. The van der Waals surface area contributed by atoms with Crippen LogP contribution in [-0.4, -0.2) is 76.0 Å². The number of pyridine rings is 1. The molecule has 0 atom stereocenters. The van der Waals surface area contributed by atoms with Crippen LogP contribution in [0.15, 0.2) is 73.1 Å². The quantitative estimate of drug-likeness (QED) is 0.0911. The summed E-state index contributed by atoms with van der Waals surface area (Å²) < 4.78 is 7.48. The lowest BCUT2D eigenvalue weighted by molar-refractivity contribution is -0.144. The van der Waals surface area contributed by atoms with Gasteiger partial charge in [0, 0.05) is 40.9 Å². The Kier molecular flexibility index (Phi) is 15.5. The molecule has 2 aromatic heterocycles. The van der Waals surface area contributed by atoms with Crippen molar-refractivity contribution in [2.75, 3.05) is 30.7 Å². The molecule has 0 aliphatic rings. The van der Waals surface area contributed by atoms with Gasteiger partial charge in [-0.3, -0.25) is 19.2 Å². The molecule has 4 aromatic rings. The van der Waals surface area contributed by atoms with Crippen LogP contribution in [0.2, 0.25) is 25.7 Å². The van der Waals surface area contributed by atoms with Gasteiger partial charge >= 0.3 is 23.6 Å². The Balaban J connectivity index is 0.000000359. The van der Waals surface area contributed by atoms with E-state index in [0.717, 1.165) is 17.2 Å². The van der Waals surface area contributed by atoms with E-state index in [9.17, 15) is 19.2 Å². The number of carbonyl (C=O) groups excluding carboxylic acids is 4. The van der Waals surface area contributed by atoms with E-state index in [1.807, 2.05) is 88.4 Å². The van der Waals surface area contributed by atoms with Crippen LogP contribution in [0.25, 0.3) is 10.9 Å². The second-order valence-electron chi connectivity index (χ2n) is 14.8. The first-order chi connectivity index (χ1) is 24.6. The van der Waals surface area contributed by atoms with E-state index in [0.29, 0.717) is 61.1 Å². The molecule has 52 heavy (non-hydrogen) atoms. The molecule has 0 bridgehead atoms. The maximum atomic E-state index is 13.1. The van der Waals surface area contributed by atoms with Gasteiger partial charge in [0.2, 0.25) is 0 Å². The summed E-state index contributed by atoms with van der Waals surface area (Å²) in [5.41, 5.74) is 14.0. The molecule has 2 heterocycles. The first kappa shape index (κ1) is 41.3. The summed E-state index contributed by atoms with van der Waals surface area (Å²) in [6.45, 7) is 17.5. The van der Waals surface area contributed by atoms with Crippen molar-refractivity contribution < 1.29 is 23.9 Å². The summed E-state index contributed by atoms with van der Waals surface area (Å²) in [6.07, 6.45) is 3.05. The first-order valence-corrected chi connectivity index (χ1v) is 21.2. The zero-order valence-corrected chi connectivity index (χ0v) is 32.5. The van der Waals surface area contributed by atoms with Gasteiger partial charge in [-0.1, -0.05) is 108 Å². The molecule has 4 amide bonds. The van der Waals surface area contributed by atoms with Crippen LogP contribution in [0, 0.1) is 11.8 Å². The zero-order chi connectivity index (χ0) is 38.4. The molecule has 0 aliphatic carbocycles. The summed E-state index contributed by atoms with van der Waals surface area (Å²) in [4.78, 5) is 56.0. The summed E-state index contributed by atoms with van der Waals surface area (Å²) in [5.74, 6) is -2.07. The van der Waals surface area contributed by atoms with Gasteiger partial charge < -0.3 is 31.3 Å². The maximum absolute atomic E-state index is 13.1. The summed E-state index contributed by atoms with van der Waals surface area (Å²) in [5, 5.41) is 7.69. The summed E-state index contributed by atoms with van der Waals surface area (Å²) in [6, 6.07) is 20.2. The number of fused-ring (bicyclic) bond motifs is 1. The number of rotatable bonds is 14. The molecule has 0 saturated heterocycles. The molecule has 0 unspecified atom stereocenters. The number of primary amides is 1. The second kappa shape index (κ2) is 19.5. The predicted octanol–water partition coefficient (Wildman–Crippen LogP) is 5.11. The smallest absolute Gasteiger partial charge is 0.314 e. The molecule has 5 N–H and O–H groups in total. The molecule has 280 valence electrons. The van der Waals surface area contributed by atoms with E-state index in [1.54, 1.807) is 15.8 Å². The lowest BCUT2D eigenvalue weighted by Crippen LogP contribution is -2.41. The highest BCUT2D eigenvalue weighted by molar-refractivity contribution is 6.76. The van der Waals surface area contributed by atoms with Gasteiger partial charge in [0.25, 0.3) is 0 Å². The number of carbonyl (C=O) groups is 4. The van der Waals surface area contributed by atoms with Crippen molar-refractivity contribution in [3.63, 3.8) is 0 Å². The van der Waals surface area contributed by atoms with Crippen molar-refractivity contribution in [2.24, 2.45) is 17.6 Å². The Bertz CT molecular complexity index is 1770. The lowest BCUT2D eigenvalue weighted by Gasteiger charge is -2.24. The average molecular weight is 731 g/mol. The number of nitrogen functional groups attached to an aromatic ring is 1. The van der Waals surface area contributed by atoms with Crippen LogP contribution in [0.4, 0.5) is 11.5 Å². The van der Waals surface area contributed by atoms with Crippen molar-refractivity contribution in [2.45, 2.75) is 73.2 Å². The first-order valence-electron chi connectivity index (χ1n) is 17.5. The number of nitrogens with one attached hydrogen (secondary N) is 1. The molecule has 0 fully saturated rings. The fourth-order valence-corrected chi connectivity index (χ4v) is 6.00. The maximum Gasteiger partial charge on any atom is 0.314 e. The number of hydrogen-bond donors (Lipinski definition) is 3. The Hall–Kier alpha value is -5.08. The molecule has 0 aliphatic heterocycles. The lowest BCUT2D eigenvalue weighted by atomic mass is 10.1. The standard InChI is InChI=1S/C25H36N6O3Si.C13H18N2O2/c1-18(2)15-30(16-19-9-7-6-8-10-19)25(33)24(32)29-21-14-27-23(26)20-13-28-31(22(20)21)17-34-11-12-35(3,4)5;1-10(2)8-15(13(17)12(14)16)9-11-6-4-3-5-7-11/h6-10,13-14,18H,11-12,15-17H2,1-5H3,(H2,26,27)(H,29,32);3-7,10H,8-9H2,1-2H3,(H2,14,16). The van der Waals surface area contributed by atoms with Crippen LogP contribution in [0.3, 0.4) is 0 Å². The van der Waals surface area contributed by atoms with Gasteiger partial charge in [0.05, 0.1) is 29.0 Å². The van der Waals surface area contributed by atoms with Crippen LogP contribution < -0.4 is 16.8 Å². The van der Waals surface area contributed by atoms with E-state index in [2.05, 4.69) is 35.0 Å². The van der Waals surface area contributed by atoms with Crippen LogP contribution >= 0.6 is 0 Å². The third-order valence-corrected chi connectivity index (χ3v) is 9.45. The highest BCUT2D eigenvalue weighted by Gasteiger charge is 2.25. The van der Waals surface area contributed by atoms with Gasteiger partial charge in [-0.2, -0.15) is 5.10 Å². The number of amides is 4. The molecule has 0 spiro atoms. The molecule has 4 rings (SSSR count). The van der Waals surface area contributed by atoms with E-state index >= 15 is 0 Å². The van der Waals surface area contributed by atoms with Crippen molar-refractivity contribution in [1.29, 1.82) is 0 Å². The molecule has 14 heteroatoms. The highest BCUT2D eigenvalue weighted by atomic mass is 28.3. The Morgan fingerprint density at radius 3 is 1.83 bits per heavy atom. The van der Waals surface area contributed by atoms with Gasteiger partial charge in [-0.15, -0.1) is 0 Å². The number of benzene rings is 2. The van der Waals surface area contributed by atoms with Crippen LogP contribution in [0.5, 0.6) is 0 Å². The minimum Gasteiger partial charge on any atom is -0.383 e. The number of anilines is 2. The average Bonchev–Trinajstić information content (AvgIpc) is 3.52. The number of ether oxygens (including phenoxy) is 1. The number of hydrogen-bond acceptors (Lipinski definition) is 8. The molecule has 0 saturated carbocycles. The second-order valence-corrected chi connectivity index (χ2v) is 20.4. The van der Waals surface area contributed by atoms with E-state index in [-0.39, 0.29) is 12.6 Å². The Labute approximate surface area is 307 Å². The van der Waals surface area contributed by atoms with Gasteiger partial charge in [-0.05, 0) is 29.0 Å². The summed E-state index contributed by atoms with van der Waals surface area (Å²) >= 11 is 0. The van der Waals surface area contributed by atoms with Crippen LogP contribution in [0.1, 0.15) is 38.8 Å². The minimum atomic E-state index is -1.22. The fraction of sp³-hybridized carbons (Fsp3) is 0.421. The number of aromatic nitrogens is 3. The molecular formula is C38H54N8O5Si.